The Bertz CT molecular complexity index is 1210. The molecule has 1 amide bonds. The number of amides is 1. The van der Waals surface area contributed by atoms with Crippen LogP contribution < -0.4 is 10.5 Å². The number of hydrogen-bond acceptors (Lipinski definition) is 7. The molecule has 1 aliphatic heterocycles. The van der Waals surface area contributed by atoms with Crippen molar-refractivity contribution in [2.45, 2.75) is 31.9 Å². The van der Waals surface area contributed by atoms with E-state index < -0.39 is 11.4 Å². The number of rotatable bonds is 7. The van der Waals surface area contributed by atoms with Crippen molar-refractivity contribution >= 4 is 17.6 Å². The fraction of sp³-hybridized carbons (Fsp3) is 0.250. The molecule has 3 aromatic rings. The quantitative estimate of drug-likeness (QED) is 0.554. The maximum absolute atomic E-state index is 14.7. The van der Waals surface area contributed by atoms with Crippen molar-refractivity contribution in [2.75, 3.05) is 7.05 Å². The molecule has 1 aromatic carbocycles. The van der Waals surface area contributed by atoms with E-state index in [1.807, 2.05) is 0 Å². The molecule has 33 heavy (non-hydrogen) atoms. The van der Waals surface area contributed by atoms with E-state index in [9.17, 15) is 14.0 Å². The summed E-state index contributed by atoms with van der Waals surface area (Å²) in [4.78, 5) is 34.8. The third-order valence-electron chi connectivity index (χ3n) is 5.53. The van der Waals surface area contributed by atoms with Gasteiger partial charge < -0.3 is 14.9 Å². The van der Waals surface area contributed by atoms with E-state index in [1.54, 1.807) is 43.5 Å². The molecule has 1 unspecified atom stereocenters. The number of aliphatic imine (C=N–C) groups is 1. The van der Waals surface area contributed by atoms with E-state index in [-0.39, 0.29) is 48.4 Å². The lowest BCUT2D eigenvalue weighted by Gasteiger charge is -2.34. The number of guanidine groups is 1. The summed E-state index contributed by atoms with van der Waals surface area (Å²) in [6.45, 7) is 1.90. The Labute approximate surface area is 189 Å². The van der Waals surface area contributed by atoms with Crippen LogP contribution in [0.3, 0.4) is 0 Å². The van der Waals surface area contributed by atoms with E-state index in [0.29, 0.717) is 17.1 Å². The Kier molecular flexibility index (Phi) is 5.95. The topological polar surface area (TPSA) is 111 Å². The first kappa shape index (κ1) is 22.2. The number of ether oxygens (including phenoxy) is 1. The zero-order valence-electron chi connectivity index (χ0n) is 18.2. The van der Waals surface area contributed by atoms with Crippen LogP contribution in [0.5, 0.6) is 5.75 Å². The van der Waals surface area contributed by atoms with Crippen molar-refractivity contribution in [2.24, 2.45) is 10.7 Å². The van der Waals surface area contributed by atoms with Crippen LogP contribution in [0.25, 0.3) is 0 Å². The first-order chi connectivity index (χ1) is 15.7. The molecule has 0 radical (unpaired) electrons. The van der Waals surface area contributed by atoms with E-state index in [4.69, 9.17) is 14.9 Å². The zero-order chi connectivity index (χ0) is 23.6. The van der Waals surface area contributed by atoms with Gasteiger partial charge in [0.15, 0.2) is 11.7 Å². The molecule has 3 heterocycles. The largest absolute Gasteiger partial charge is 0.484 e. The number of ketones is 1. The number of benzene rings is 1. The average Bonchev–Trinajstić information content (AvgIpc) is 3.31. The van der Waals surface area contributed by atoms with Gasteiger partial charge in [0, 0.05) is 19.0 Å². The van der Waals surface area contributed by atoms with Gasteiger partial charge in [0.05, 0.1) is 24.4 Å². The Balaban J connectivity index is 1.48. The standard InChI is InChI=1S/C24H23FN4O4/c1-24(12-22(31)29(2)23(26)28-24)18-10-15(5-7-19(18)25)11-21(30)20-8-6-16(13-27-20)33-14-17-4-3-9-32-17/h3-10,13H,11-12,14H2,1-2H3,(H2,26,28). The van der Waals surface area contributed by atoms with Crippen molar-refractivity contribution < 1.29 is 23.1 Å². The normalized spacial score (nSPS) is 18.2. The summed E-state index contributed by atoms with van der Waals surface area (Å²) < 4.78 is 25.5. The number of halogens is 1. The monoisotopic (exact) mass is 450 g/mol. The number of nitrogens with zero attached hydrogens (tertiary/aromatic N) is 3. The number of furan rings is 1. The van der Waals surface area contributed by atoms with Crippen LogP contribution in [-0.4, -0.2) is 34.6 Å². The second-order valence-corrected chi connectivity index (χ2v) is 8.03. The van der Waals surface area contributed by atoms with E-state index in [0.717, 1.165) is 0 Å². The van der Waals surface area contributed by atoms with Gasteiger partial charge in [0.1, 0.15) is 29.6 Å². The lowest BCUT2D eigenvalue weighted by Crippen LogP contribution is -2.47. The van der Waals surface area contributed by atoms with Crippen LogP contribution in [-0.2, 0) is 23.4 Å². The predicted molar refractivity (Wildman–Crippen MR) is 118 cm³/mol. The molecule has 0 saturated heterocycles. The average molecular weight is 450 g/mol. The molecule has 4 rings (SSSR count). The van der Waals surface area contributed by atoms with E-state index in [2.05, 4.69) is 9.98 Å². The van der Waals surface area contributed by atoms with E-state index >= 15 is 0 Å². The minimum absolute atomic E-state index is 0.00993. The summed E-state index contributed by atoms with van der Waals surface area (Å²) in [5.41, 5.74) is 5.75. The van der Waals surface area contributed by atoms with Gasteiger partial charge in [-0.3, -0.25) is 14.5 Å². The fourth-order valence-electron chi connectivity index (χ4n) is 3.61. The molecule has 1 aliphatic rings. The highest BCUT2D eigenvalue weighted by atomic mass is 19.1. The SMILES string of the molecule is CN1C(=O)CC(C)(c2cc(CC(=O)c3ccc(OCc4ccco4)cn3)ccc2F)N=C1N. The van der Waals surface area contributed by atoms with Crippen LogP contribution in [0, 0.1) is 5.82 Å². The summed E-state index contributed by atoms with van der Waals surface area (Å²) in [5.74, 6) is 0.185. The van der Waals surface area contributed by atoms with Gasteiger partial charge in [-0.25, -0.2) is 14.4 Å². The Morgan fingerprint density at radius 1 is 1.30 bits per heavy atom. The van der Waals surface area contributed by atoms with Crippen LogP contribution in [0.15, 0.2) is 64.3 Å². The highest BCUT2D eigenvalue weighted by molar-refractivity contribution is 5.99. The highest BCUT2D eigenvalue weighted by Crippen LogP contribution is 2.35. The number of carbonyl (C=O) groups is 2. The minimum atomic E-state index is -1.15. The molecule has 0 bridgehead atoms. The molecular formula is C24H23FN4O4. The van der Waals surface area contributed by atoms with Crippen molar-refractivity contribution in [1.82, 2.24) is 9.88 Å². The van der Waals surface area contributed by atoms with Gasteiger partial charge >= 0.3 is 0 Å². The molecule has 2 N–H and O–H groups in total. The summed E-state index contributed by atoms with van der Waals surface area (Å²) >= 11 is 0. The molecular weight excluding hydrogens is 427 g/mol. The van der Waals surface area contributed by atoms with Gasteiger partial charge in [0.25, 0.3) is 0 Å². The molecule has 170 valence electrons. The molecule has 0 saturated carbocycles. The van der Waals surface area contributed by atoms with Gasteiger partial charge in [-0.2, -0.15) is 0 Å². The first-order valence-electron chi connectivity index (χ1n) is 10.3. The number of hydrogen-bond donors (Lipinski definition) is 1. The lowest BCUT2D eigenvalue weighted by molar-refractivity contribution is -0.128. The van der Waals surface area contributed by atoms with Crippen molar-refractivity contribution in [1.29, 1.82) is 0 Å². The van der Waals surface area contributed by atoms with Crippen LogP contribution in [0.4, 0.5) is 4.39 Å². The summed E-state index contributed by atoms with van der Waals surface area (Å²) in [6, 6.07) is 11.2. The number of pyridine rings is 1. The van der Waals surface area contributed by atoms with Gasteiger partial charge in [-0.15, -0.1) is 0 Å². The van der Waals surface area contributed by atoms with E-state index in [1.165, 1.54) is 30.3 Å². The maximum atomic E-state index is 14.7. The molecule has 0 spiro atoms. The van der Waals surface area contributed by atoms with Crippen molar-refractivity contribution in [3.63, 3.8) is 0 Å². The second-order valence-electron chi connectivity index (χ2n) is 8.03. The van der Waals surface area contributed by atoms with Crippen LogP contribution in [0.2, 0.25) is 0 Å². The van der Waals surface area contributed by atoms with Gasteiger partial charge in [0.2, 0.25) is 5.91 Å². The molecule has 0 aliphatic carbocycles. The fourth-order valence-corrected chi connectivity index (χ4v) is 3.61. The first-order valence-corrected chi connectivity index (χ1v) is 10.3. The van der Waals surface area contributed by atoms with Crippen LogP contribution in [0.1, 0.15) is 40.7 Å². The Hall–Kier alpha value is -4.01. The summed E-state index contributed by atoms with van der Waals surface area (Å²) in [7, 11) is 1.52. The van der Waals surface area contributed by atoms with Gasteiger partial charge in [-0.1, -0.05) is 6.07 Å². The predicted octanol–water partition coefficient (Wildman–Crippen LogP) is 3.21. The molecule has 8 nitrogen and oxygen atoms in total. The number of nitrogens with two attached hydrogens (primary N) is 1. The van der Waals surface area contributed by atoms with Crippen molar-refractivity contribution in [3.05, 3.63) is 83.3 Å². The van der Waals surface area contributed by atoms with Gasteiger partial charge in [-0.05, 0) is 48.9 Å². The van der Waals surface area contributed by atoms with Crippen LogP contribution >= 0.6 is 0 Å². The molecule has 9 heteroatoms. The third-order valence-corrected chi connectivity index (χ3v) is 5.53. The summed E-state index contributed by atoms with van der Waals surface area (Å²) in [5, 5.41) is 0. The second kappa shape index (κ2) is 8.85. The molecule has 0 fully saturated rings. The smallest absolute Gasteiger partial charge is 0.231 e. The highest BCUT2D eigenvalue weighted by Gasteiger charge is 2.38. The maximum Gasteiger partial charge on any atom is 0.231 e. The third kappa shape index (κ3) is 4.77. The Morgan fingerprint density at radius 3 is 2.79 bits per heavy atom. The van der Waals surface area contributed by atoms with Crippen molar-refractivity contribution in [3.8, 4) is 5.75 Å². The number of Topliss-reactive ketones (excluding diaryl/α,β-unsaturated/α-hetero) is 1. The zero-order valence-corrected chi connectivity index (χ0v) is 18.2. The number of aromatic nitrogens is 1. The molecule has 2 aromatic heterocycles. The Morgan fingerprint density at radius 2 is 2.12 bits per heavy atom. The summed E-state index contributed by atoms with van der Waals surface area (Å²) in [6.07, 6.45) is 3.01. The number of carbonyl (C=O) groups excluding carboxylic acids is 2. The molecule has 1 atom stereocenters. The lowest BCUT2D eigenvalue weighted by atomic mass is 9.85. The minimum Gasteiger partial charge on any atom is -0.484 e.